The van der Waals surface area contributed by atoms with Crippen LogP contribution in [0.1, 0.15) is 46.5 Å². The van der Waals surface area contributed by atoms with Crippen molar-refractivity contribution in [1.29, 1.82) is 0 Å². The van der Waals surface area contributed by atoms with Gasteiger partial charge in [-0.2, -0.15) is 0 Å². The summed E-state index contributed by atoms with van der Waals surface area (Å²) in [4.78, 5) is 11.5. The second-order valence-corrected chi connectivity index (χ2v) is 8.12. The minimum Gasteiger partial charge on any atom is -0.481 e. The minimum atomic E-state index is -3.38. The van der Waals surface area contributed by atoms with E-state index in [2.05, 4.69) is 11.6 Å². The van der Waals surface area contributed by atoms with Gasteiger partial charge < -0.3 is 5.11 Å². The summed E-state index contributed by atoms with van der Waals surface area (Å²) in [5, 5.41) is 9.42. The van der Waals surface area contributed by atoms with E-state index < -0.39 is 21.4 Å². The van der Waals surface area contributed by atoms with E-state index in [0.717, 1.165) is 12.8 Å². The maximum atomic E-state index is 11.8. The molecular weight excluding hydrogens is 266 g/mol. The van der Waals surface area contributed by atoms with Crippen molar-refractivity contribution in [2.75, 3.05) is 12.3 Å². The molecule has 5 nitrogen and oxygen atoms in total. The molecule has 0 spiro atoms. The van der Waals surface area contributed by atoms with Gasteiger partial charge in [0.05, 0.1) is 11.2 Å². The first kappa shape index (κ1) is 16.4. The van der Waals surface area contributed by atoms with Crippen molar-refractivity contribution in [3.05, 3.63) is 0 Å². The quantitative estimate of drug-likeness (QED) is 0.782. The van der Waals surface area contributed by atoms with Crippen molar-refractivity contribution in [3.63, 3.8) is 0 Å². The molecular formula is C13H25NO4S. The van der Waals surface area contributed by atoms with E-state index in [1.54, 1.807) is 0 Å². The Hall–Kier alpha value is -0.620. The molecule has 2 N–H and O–H groups in total. The molecule has 6 heteroatoms. The fraction of sp³-hybridized carbons (Fsp3) is 0.923. The van der Waals surface area contributed by atoms with Gasteiger partial charge in [-0.15, -0.1) is 0 Å². The lowest BCUT2D eigenvalue weighted by Gasteiger charge is -2.35. The third kappa shape index (κ3) is 4.76. The molecule has 0 bridgehead atoms. The van der Waals surface area contributed by atoms with Gasteiger partial charge in [0, 0.05) is 6.54 Å². The van der Waals surface area contributed by atoms with Gasteiger partial charge in [-0.25, -0.2) is 13.1 Å². The molecule has 0 heterocycles. The highest BCUT2D eigenvalue weighted by Crippen LogP contribution is 2.38. The molecule has 19 heavy (non-hydrogen) atoms. The summed E-state index contributed by atoms with van der Waals surface area (Å²) in [5.41, 5.74) is -0.920. The number of carboxylic acid groups (broad SMARTS) is 1. The van der Waals surface area contributed by atoms with Gasteiger partial charge in [-0.05, 0) is 37.5 Å². The Kier molecular flexibility index (Phi) is 5.38. The molecule has 1 aliphatic rings. The standard InChI is InChI=1S/C13H25NO4S/c1-10(2)8-19(17,18)14-9-13(12(15)16)6-4-11(3)5-7-13/h10-11,14H,4-9H2,1-3H3,(H,15,16). The highest BCUT2D eigenvalue weighted by Gasteiger charge is 2.41. The van der Waals surface area contributed by atoms with E-state index in [1.807, 2.05) is 13.8 Å². The molecule has 0 unspecified atom stereocenters. The van der Waals surface area contributed by atoms with Gasteiger partial charge in [0.1, 0.15) is 0 Å². The number of hydrogen-bond acceptors (Lipinski definition) is 3. The maximum Gasteiger partial charge on any atom is 0.310 e. The van der Waals surface area contributed by atoms with Crippen molar-refractivity contribution in [1.82, 2.24) is 4.72 Å². The molecule has 0 aromatic heterocycles. The normalized spacial score (nSPS) is 28.5. The van der Waals surface area contributed by atoms with Gasteiger partial charge in [-0.3, -0.25) is 4.79 Å². The van der Waals surface area contributed by atoms with E-state index in [9.17, 15) is 18.3 Å². The predicted molar refractivity (Wildman–Crippen MR) is 74.3 cm³/mol. The van der Waals surface area contributed by atoms with Gasteiger partial charge in [0.2, 0.25) is 10.0 Å². The zero-order chi connectivity index (χ0) is 14.7. The molecule has 0 amide bonds. The fourth-order valence-corrected chi connectivity index (χ4v) is 4.02. The lowest BCUT2D eigenvalue weighted by molar-refractivity contribution is -0.151. The lowest BCUT2D eigenvalue weighted by Crippen LogP contribution is -2.46. The number of carbonyl (C=O) groups is 1. The SMILES string of the molecule is CC(C)CS(=O)(=O)NCC1(C(=O)O)CCC(C)CC1. The number of aliphatic carboxylic acids is 1. The summed E-state index contributed by atoms with van der Waals surface area (Å²) < 4.78 is 26.1. The topological polar surface area (TPSA) is 83.5 Å². The van der Waals surface area contributed by atoms with Crippen molar-refractivity contribution in [2.45, 2.75) is 46.5 Å². The van der Waals surface area contributed by atoms with E-state index in [-0.39, 0.29) is 18.2 Å². The zero-order valence-corrected chi connectivity index (χ0v) is 12.8. The van der Waals surface area contributed by atoms with E-state index >= 15 is 0 Å². The molecule has 0 aliphatic heterocycles. The number of hydrogen-bond donors (Lipinski definition) is 2. The van der Waals surface area contributed by atoms with Crippen molar-refractivity contribution < 1.29 is 18.3 Å². The average Bonchev–Trinajstić information content (AvgIpc) is 2.27. The second kappa shape index (κ2) is 6.22. The Morgan fingerprint density at radius 1 is 1.37 bits per heavy atom. The van der Waals surface area contributed by atoms with E-state index in [0.29, 0.717) is 18.8 Å². The van der Waals surface area contributed by atoms with Crippen molar-refractivity contribution in [3.8, 4) is 0 Å². The molecule has 0 radical (unpaired) electrons. The predicted octanol–water partition coefficient (Wildman–Crippen LogP) is 1.84. The van der Waals surface area contributed by atoms with Crippen LogP contribution in [-0.2, 0) is 14.8 Å². The lowest BCUT2D eigenvalue weighted by atomic mass is 9.71. The Bertz CT molecular complexity index is 408. The van der Waals surface area contributed by atoms with E-state index in [4.69, 9.17) is 0 Å². The monoisotopic (exact) mass is 291 g/mol. The van der Waals surface area contributed by atoms with Crippen LogP contribution < -0.4 is 4.72 Å². The molecule has 0 aromatic carbocycles. The molecule has 0 atom stereocenters. The van der Waals surface area contributed by atoms with Gasteiger partial charge in [0.25, 0.3) is 0 Å². The molecule has 1 saturated carbocycles. The first-order valence-corrected chi connectivity index (χ1v) is 8.53. The molecule has 112 valence electrons. The minimum absolute atomic E-state index is 0.0180. The van der Waals surface area contributed by atoms with E-state index in [1.165, 1.54) is 0 Å². The van der Waals surface area contributed by atoms with Crippen LogP contribution in [0, 0.1) is 17.3 Å². The smallest absolute Gasteiger partial charge is 0.310 e. The summed E-state index contributed by atoms with van der Waals surface area (Å²) in [5.74, 6) is -0.282. The van der Waals surface area contributed by atoms with Gasteiger partial charge in [0.15, 0.2) is 0 Å². The fourth-order valence-electron chi connectivity index (χ4n) is 2.53. The van der Waals surface area contributed by atoms with Crippen molar-refractivity contribution >= 4 is 16.0 Å². The zero-order valence-electron chi connectivity index (χ0n) is 12.0. The van der Waals surface area contributed by atoms with Crippen LogP contribution in [0.3, 0.4) is 0 Å². The summed E-state index contributed by atoms with van der Waals surface area (Å²) in [7, 11) is -3.38. The Morgan fingerprint density at radius 2 is 1.89 bits per heavy atom. The van der Waals surface area contributed by atoms with Crippen LogP contribution in [0.25, 0.3) is 0 Å². The summed E-state index contributed by atoms with van der Waals surface area (Å²) in [6, 6.07) is 0. The van der Waals surface area contributed by atoms with Crippen LogP contribution in [0.4, 0.5) is 0 Å². The maximum absolute atomic E-state index is 11.8. The molecule has 0 aromatic rings. The largest absolute Gasteiger partial charge is 0.481 e. The van der Waals surface area contributed by atoms with Crippen LogP contribution in [-0.4, -0.2) is 31.8 Å². The molecule has 1 fully saturated rings. The highest BCUT2D eigenvalue weighted by molar-refractivity contribution is 7.89. The molecule has 1 aliphatic carbocycles. The van der Waals surface area contributed by atoms with Crippen LogP contribution in [0.15, 0.2) is 0 Å². The first-order valence-electron chi connectivity index (χ1n) is 6.87. The third-order valence-electron chi connectivity index (χ3n) is 3.87. The first-order chi connectivity index (χ1) is 8.67. The third-order valence-corrected chi connectivity index (χ3v) is 5.56. The van der Waals surface area contributed by atoms with Gasteiger partial charge >= 0.3 is 5.97 Å². The van der Waals surface area contributed by atoms with Gasteiger partial charge in [-0.1, -0.05) is 20.8 Å². The Labute approximate surface area is 115 Å². The Morgan fingerprint density at radius 3 is 2.32 bits per heavy atom. The number of rotatable bonds is 6. The number of carboxylic acids is 1. The van der Waals surface area contributed by atoms with Crippen LogP contribution in [0.5, 0.6) is 0 Å². The summed E-state index contributed by atoms with van der Waals surface area (Å²) >= 11 is 0. The highest BCUT2D eigenvalue weighted by atomic mass is 32.2. The van der Waals surface area contributed by atoms with Crippen LogP contribution in [0.2, 0.25) is 0 Å². The number of sulfonamides is 1. The van der Waals surface area contributed by atoms with Crippen molar-refractivity contribution in [2.24, 2.45) is 17.3 Å². The Balaban J connectivity index is 2.68. The average molecular weight is 291 g/mol. The summed E-state index contributed by atoms with van der Waals surface area (Å²) in [6.07, 6.45) is 2.79. The number of nitrogens with one attached hydrogen (secondary N) is 1. The molecule has 0 saturated heterocycles. The molecule has 1 rings (SSSR count). The van der Waals surface area contributed by atoms with Crippen LogP contribution >= 0.6 is 0 Å². The summed E-state index contributed by atoms with van der Waals surface area (Å²) in [6.45, 7) is 5.78. The second-order valence-electron chi connectivity index (χ2n) is 6.26.